The molecule has 0 aliphatic carbocycles. The minimum absolute atomic E-state index is 0.248. The Morgan fingerprint density at radius 1 is 1.24 bits per heavy atom. The quantitative estimate of drug-likeness (QED) is 0.546. The third-order valence-corrected chi connectivity index (χ3v) is 6.67. The smallest absolute Gasteiger partial charge is 0.326 e. The molecule has 2 unspecified atom stereocenters. The number of carbonyl (C=O) groups is 3. The SMILES string of the molecule is CCOC(=O)[C@H](CCc1ccccc1)NC(C)C(=O)N1CC2(CCCCO2)CC[C@H]1C(=O)O. The number of benzene rings is 1. The Bertz CT molecular complexity index is 808. The first-order valence-corrected chi connectivity index (χ1v) is 12.0. The molecule has 1 spiro atoms. The number of likely N-dealkylation sites (tertiary alicyclic amines) is 1. The zero-order valence-corrected chi connectivity index (χ0v) is 19.6. The van der Waals surface area contributed by atoms with E-state index in [-0.39, 0.29) is 19.1 Å². The molecule has 2 aliphatic rings. The number of aliphatic carboxylic acids is 1. The first-order chi connectivity index (χ1) is 15.8. The second-order valence-corrected chi connectivity index (χ2v) is 9.06. The van der Waals surface area contributed by atoms with E-state index in [0.29, 0.717) is 32.3 Å². The third kappa shape index (κ3) is 6.54. The van der Waals surface area contributed by atoms with Gasteiger partial charge < -0.3 is 19.5 Å². The van der Waals surface area contributed by atoms with E-state index in [1.165, 1.54) is 4.90 Å². The highest BCUT2D eigenvalue weighted by molar-refractivity contribution is 5.88. The molecular weight excluding hydrogens is 424 g/mol. The summed E-state index contributed by atoms with van der Waals surface area (Å²) < 4.78 is 11.3. The summed E-state index contributed by atoms with van der Waals surface area (Å²) in [7, 11) is 0. The number of hydrogen-bond donors (Lipinski definition) is 2. The maximum Gasteiger partial charge on any atom is 0.326 e. The molecule has 1 amide bonds. The number of carbonyl (C=O) groups excluding carboxylic acids is 2. The molecule has 3 rings (SSSR count). The van der Waals surface area contributed by atoms with Gasteiger partial charge in [-0.2, -0.15) is 0 Å². The van der Waals surface area contributed by atoms with Crippen molar-refractivity contribution in [3.8, 4) is 0 Å². The Morgan fingerprint density at radius 3 is 2.64 bits per heavy atom. The number of rotatable bonds is 9. The second kappa shape index (κ2) is 11.6. The minimum atomic E-state index is -1.01. The van der Waals surface area contributed by atoms with Gasteiger partial charge in [0.05, 0.1) is 24.8 Å². The summed E-state index contributed by atoms with van der Waals surface area (Å²) in [6.07, 6.45) is 4.94. The number of esters is 1. The largest absolute Gasteiger partial charge is 0.480 e. The zero-order chi connectivity index (χ0) is 23.8. The summed E-state index contributed by atoms with van der Waals surface area (Å²) in [5, 5.41) is 12.9. The third-order valence-electron chi connectivity index (χ3n) is 6.67. The molecule has 0 radical (unpaired) electrons. The highest BCUT2D eigenvalue weighted by atomic mass is 16.5. The Kier molecular flexibility index (Phi) is 8.86. The van der Waals surface area contributed by atoms with E-state index < -0.39 is 35.7 Å². The molecule has 1 aromatic carbocycles. The van der Waals surface area contributed by atoms with E-state index in [0.717, 1.165) is 24.8 Å². The molecule has 8 heteroatoms. The molecular formula is C25H36N2O6. The number of hydrogen-bond acceptors (Lipinski definition) is 6. The maximum absolute atomic E-state index is 13.4. The Morgan fingerprint density at radius 2 is 2.00 bits per heavy atom. The molecule has 2 aliphatic heterocycles. The number of carboxylic acid groups (broad SMARTS) is 1. The van der Waals surface area contributed by atoms with Crippen molar-refractivity contribution in [3.63, 3.8) is 0 Å². The van der Waals surface area contributed by atoms with Gasteiger partial charge in [-0.05, 0) is 64.4 Å². The van der Waals surface area contributed by atoms with Crippen LogP contribution >= 0.6 is 0 Å². The van der Waals surface area contributed by atoms with Crippen molar-refractivity contribution >= 4 is 17.8 Å². The summed E-state index contributed by atoms with van der Waals surface area (Å²) in [6.45, 7) is 4.58. The van der Waals surface area contributed by atoms with Gasteiger partial charge in [0.25, 0.3) is 0 Å². The maximum atomic E-state index is 13.4. The fraction of sp³-hybridized carbons (Fsp3) is 0.640. The molecule has 0 bridgehead atoms. The van der Waals surface area contributed by atoms with E-state index in [4.69, 9.17) is 9.47 Å². The molecule has 2 heterocycles. The van der Waals surface area contributed by atoms with Crippen molar-refractivity contribution < 1.29 is 29.0 Å². The van der Waals surface area contributed by atoms with Gasteiger partial charge >= 0.3 is 11.9 Å². The first kappa shape index (κ1) is 25.2. The van der Waals surface area contributed by atoms with Gasteiger partial charge in [-0.1, -0.05) is 30.3 Å². The Hall–Kier alpha value is -2.45. The summed E-state index contributed by atoms with van der Waals surface area (Å²) in [4.78, 5) is 39.4. The number of amides is 1. The fourth-order valence-electron chi connectivity index (χ4n) is 4.87. The summed E-state index contributed by atoms with van der Waals surface area (Å²) in [5.74, 6) is -1.74. The summed E-state index contributed by atoms with van der Waals surface area (Å²) in [5.41, 5.74) is 0.624. The van der Waals surface area contributed by atoms with Crippen LogP contribution in [0.1, 0.15) is 57.9 Å². The van der Waals surface area contributed by atoms with Crippen LogP contribution in [0, 0.1) is 0 Å². The lowest BCUT2D eigenvalue weighted by Crippen LogP contribution is -2.62. The lowest BCUT2D eigenvalue weighted by Gasteiger charge is -2.47. The highest BCUT2D eigenvalue weighted by Gasteiger charge is 2.46. The molecule has 2 fully saturated rings. The van der Waals surface area contributed by atoms with Crippen molar-refractivity contribution in [2.75, 3.05) is 19.8 Å². The van der Waals surface area contributed by atoms with Crippen LogP contribution < -0.4 is 5.32 Å². The second-order valence-electron chi connectivity index (χ2n) is 9.06. The van der Waals surface area contributed by atoms with Crippen LogP contribution in [0.3, 0.4) is 0 Å². The van der Waals surface area contributed by atoms with Gasteiger partial charge in [0.1, 0.15) is 12.1 Å². The normalized spacial score (nSPS) is 24.8. The van der Waals surface area contributed by atoms with E-state index in [2.05, 4.69) is 5.32 Å². The van der Waals surface area contributed by atoms with Crippen LogP contribution in [-0.4, -0.2) is 71.3 Å². The predicted molar refractivity (Wildman–Crippen MR) is 123 cm³/mol. The predicted octanol–water partition coefficient (Wildman–Crippen LogP) is 2.54. The zero-order valence-electron chi connectivity index (χ0n) is 19.6. The number of carboxylic acids is 1. The van der Waals surface area contributed by atoms with Crippen LogP contribution in [0.25, 0.3) is 0 Å². The molecule has 182 valence electrons. The monoisotopic (exact) mass is 460 g/mol. The number of piperidine rings is 1. The van der Waals surface area contributed by atoms with Crippen LogP contribution in [0.4, 0.5) is 0 Å². The number of nitrogens with zero attached hydrogens (tertiary/aromatic N) is 1. The van der Waals surface area contributed by atoms with Crippen LogP contribution in [-0.2, 0) is 30.3 Å². The van der Waals surface area contributed by atoms with E-state index in [9.17, 15) is 19.5 Å². The number of ether oxygens (including phenoxy) is 2. The molecule has 2 saturated heterocycles. The molecule has 0 saturated carbocycles. The number of aryl methyl sites for hydroxylation is 1. The van der Waals surface area contributed by atoms with Gasteiger partial charge in [-0.15, -0.1) is 0 Å². The standard InChI is InChI=1S/C25H36N2O6/c1-3-32-24(31)20(12-11-19-9-5-4-6-10-19)26-18(2)22(28)27-17-25(14-7-8-16-33-25)15-13-21(27)23(29)30/h4-6,9-10,18,20-21,26H,3,7-8,11-17H2,1-2H3,(H,29,30)/t18?,20-,21-,25?/m0/s1. The van der Waals surface area contributed by atoms with E-state index in [1.807, 2.05) is 30.3 Å². The number of nitrogens with one attached hydrogen (secondary N) is 1. The highest BCUT2D eigenvalue weighted by Crippen LogP contribution is 2.36. The van der Waals surface area contributed by atoms with Gasteiger partial charge in [-0.25, -0.2) is 4.79 Å². The van der Waals surface area contributed by atoms with Crippen molar-refractivity contribution in [1.29, 1.82) is 0 Å². The summed E-state index contributed by atoms with van der Waals surface area (Å²) >= 11 is 0. The van der Waals surface area contributed by atoms with Crippen molar-refractivity contribution in [3.05, 3.63) is 35.9 Å². The van der Waals surface area contributed by atoms with Gasteiger partial charge in [0, 0.05) is 6.61 Å². The van der Waals surface area contributed by atoms with Crippen LogP contribution in [0.2, 0.25) is 0 Å². The minimum Gasteiger partial charge on any atom is -0.480 e. The van der Waals surface area contributed by atoms with Crippen LogP contribution in [0.5, 0.6) is 0 Å². The van der Waals surface area contributed by atoms with Crippen molar-refractivity contribution in [1.82, 2.24) is 10.2 Å². The average Bonchev–Trinajstić information content (AvgIpc) is 2.82. The summed E-state index contributed by atoms with van der Waals surface area (Å²) in [6, 6.07) is 7.51. The molecule has 0 aromatic heterocycles. The first-order valence-electron chi connectivity index (χ1n) is 12.0. The molecule has 1 aromatic rings. The fourth-order valence-corrected chi connectivity index (χ4v) is 4.87. The molecule has 33 heavy (non-hydrogen) atoms. The van der Waals surface area contributed by atoms with E-state index >= 15 is 0 Å². The van der Waals surface area contributed by atoms with Crippen molar-refractivity contribution in [2.24, 2.45) is 0 Å². The van der Waals surface area contributed by atoms with Crippen molar-refractivity contribution in [2.45, 2.75) is 82.5 Å². The molecule has 2 N–H and O–H groups in total. The molecule has 8 nitrogen and oxygen atoms in total. The molecule has 4 atom stereocenters. The van der Waals surface area contributed by atoms with E-state index in [1.54, 1.807) is 13.8 Å². The Labute approximate surface area is 195 Å². The van der Waals surface area contributed by atoms with Gasteiger partial charge in [-0.3, -0.25) is 14.9 Å². The average molecular weight is 461 g/mol. The lowest BCUT2D eigenvalue weighted by atomic mass is 9.82. The topological polar surface area (TPSA) is 105 Å². The van der Waals surface area contributed by atoms with Crippen LogP contribution in [0.15, 0.2) is 30.3 Å². The van der Waals surface area contributed by atoms with Gasteiger partial charge in [0.15, 0.2) is 0 Å². The lowest BCUT2D eigenvalue weighted by molar-refractivity contribution is -0.169. The van der Waals surface area contributed by atoms with Gasteiger partial charge in [0.2, 0.25) is 5.91 Å². The Balaban J connectivity index is 1.70.